The van der Waals surface area contributed by atoms with Crippen LogP contribution in [0.1, 0.15) is 31.2 Å². The molecule has 2 aliphatic heterocycles. The summed E-state index contributed by atoms with van der Waals surface area (Å²) >= 11 is 0. The van der Waals surface area contributed by atoms with E-state index in [0.29, 0.717) is 48.4 Å². The Balaban J connectivity index is 1.55. The molecule has 9 nitrogen and oxygen atoms in total. The standard InChI is InChI=1S/C25H27F2N5O4/c1-16-5-6-17-18(32(16)24(35)36)7-8-19-23(17)28-20(9-12-29-11-3-2-4-21(29)33)31(19)14-22(34)30-13-10-25(26,27)15-30/h2-4,7-8,11,16H,5-6,9-10,12-15H2,1H3,(H,35,36)/t16-/m0/s1. The van der Waals surface area contributed by atoms with E-state index in [2.05, 4.69) is 0 Å². The SMILES string of the molecule is C[C@H]1CCc2c(ccc3c2nc(CCn2ccccc2=O)n3CC(=O)N2CCC(F)(F)C2)N1C(=O)O. The molecule has 1 atom stereocenters. The highest BCUT2D eigenvalue weighted by atomic mass is 19.3. The lowest BCUT2D eigenvalue weighted by Gasteiger charge is -2.33. The number of aryl methyl sites for hydroxylation is 3. The van der Waals surface area contributed by atoms with Crippen molar-refractivity contribution in [2.24, 2.45) is 0 Å². The molecule has 0 unspecified atom stereocenters. The van der Waals surface area contributed by atoms with E-state index in [-0.39, 0.29) is 31.1 Å². The quantitative estimate of drug-likeness (QED) is 0.582. The summed E-state index contributed by atoms with van der Waals surface area (Å²) in [6, 6.07) is 8.13. The van der Waals surface area contributed by atoms with E-state index in [4.69, 9.17) is 4.98 Å². The summed E-state index contributed by atoms with van der Waals surface area (Å²) < 4.78 is 30.7. The lowest BCUT2D eigenvalue weighted by atomic mass is 9.96. The molecule has 190 valence electrons. The highest BCUT2D eigenvalue weighted by Gasteiger charge is 2.40. The van der Waals surface area contributed by atoms with Crippen LogP contribution in [0.2, 0.25) is 0 Å². The minimum Gasteiger partial charge on any atom is -0.465 e. The second-order valence-electron chi connectivity index (χ2n) is 9.49. The van der Waals surface area contributed by atoms with E-state index in [1.807, 2.05) is 6.92 Å². The van der Waals surface area contributed by atoms with Crippen molar-refractivity contribution in [1.29, 1.82) is 0 Å². The summed E-state index contributed by atoms with van der Waals surface area (Å²) in [5.41, 5.74) is 2.42. The number of likely N-dealkylation sites (tertiary alicyclic amines) is 1. The van der Waals surface area contributed by atoms with Gasteiger partial charge in [0.05, 0.1) is 23.3 Å². The molecular weight excluding hydrogens is 472 g/mol. The summed E-state index contributed by atoms with van der Waals surface area (Å²) in [5.74, 6) is -2.78. The first kappa shape index (κ1) is 24.0. The number of aromatic nitrogens is 3. The predicted octanol–water partition coefficient (Wildman–Crippen LogP) is 3.13. The zero-order chi connectivity index (χ0) is 25.6. The highest BCUT2D eigenvalue weighted by Crippen LogP contribution is 2.36. The van der Waals surface area contributed by atoms with Gasteiger partial charge in [-0.15, -0.1) is 0 Å². The molecule has 1 aromatic carbocycles. The first-order valence-electron chi connectivity index (χ1n) is 12.0. The van der Waals surface area contributed by atoms with Crippen molar-refractivity contribution >= 4 is 28.7 Å². The molecule has 1 N–H and O–H groups in total. The van der Waals surface area contributed by atoms with Crippen LogP contribution in [0.5, 0.6) is 0 Å². The fourth-order valence-electron chi connectivity index (χ4n) is 5.18. The van der Waals surface area contributed by atoms with Crippen LogP contribution in [0.4, 0.5) is 19.3 Å². The van der Waals surface area contributed by atoms with Crippen molar-refractivity contribution in [3.05, 3.63) is 58.3 Å². The Bertz CT molecular complexity index is 1400. The Morgan fingerprint density at radius 1 is 1.22 bits per heavy atom. The molecule has 3 aromatic rings. The summed E-state index contributed by atoms with van der Waals surface area (Å²) in [6.45, 7) is 1.40. The number of rotatable bonds is 5. The molecule has 0 saturated carbocycles. The molecule has 2 aliphatic rings. The number of pyridine rings is 1. The van der Waals surface area contributed by atoms with Crippen molar-refractivity contribution in [2.45, 2.75) is 57.7 Å². The summed E-state index contributed by atoms with van der Waals surface area (Å²) in [4.78, 5) is 44.4. The molecule has 0 spiro atoms. The van der Waals surface area contributed by atoms with Gasteiger partial charge in [-0.1, -0.05) is 6.07 Å². The van der Waals surface area contributed by atoms with Crippen LogP contribution in [0.25, 0.3) is 11.0 Å². The number of fused-ring (bicyclic) bond motifs is 3. The lowest BCUT2D eigenvalue weighted by Crippen LogP contribution is -2.41. The second-order valence-corrected chi connectivity index (χ2v) is 9.49. The monoisotopic (exact) mass is 499 g/mol. The molecule has 0 aliphatic carbocycles. The number of amides is 2. The van der Waals surface area contributed by atoms with Crippen molar-refractivity contribution in [3.8, 4) is 0 Å². The fourth-order valence-corrected chi connectivity index (χ4v) is 5.18. The number of benzene rings is 1. The molecule has 4 heterocycles. The van der Waals surface area contributed by atoms with E-state index in [9.17, 15) is 28.3 Å². The maximum absolute atomic E-state index is 13.7. The minimum atomic E-state index is -2.89. The molecule has 2 aromatic heterocycles. The maximum atomic E-state index is 13.7. The fraction of sp³-hybridized carbons (Fsp3) is 0.440. The van der Waals surface area contributed by atoms with Gasteiger partial charge in [-0.2, -0.15) is 0 Å². The number of imidazole rings is 1. The predicted molar refractivity (Wildman–Crippen MR) is 129 cm³/mol. The largest absolute Gasteiger partial charge is 0.465 e. The van der Waals surface area contributed by atoms with Gasteiger partial charge in [0, 0.05) is 49.8 Å². The van der Waals surface area contributed by atoms with E-state index < -0.39 is 24.5 Å². The third-order valence-electron chi connectivity index (χ3n) is 7.09. The van der Waals surface area contributed by atoms with Crippen molar-refractivity contribution in [2.75, 3.05) is 18.0 Å². The molecule has 1 fully saturated rings. The van der Waals surface area contributed by atoms with Crippen LogP contribution in [0.15, 0.2) is 41.3 Å². The highest BCUT2D eigenvalue weighted by molar-refractivity contribution is 5.95. The van der Waals surface area contributed by atoms with Crippen LogP contribution in [-0.4, -0.2) is 61.2 Å². The van der Waals surface area contributed by atoms with Gasteiger partial charge in [0.15, 0.2) is 0 Å². The molecule has 0 bridgehead atoms. The van der Waals surface area contributed by atoms with E-state index in [1.54, 1.807) is 35.0 Å². The number of halogens is 2. The number of hydrogen-bond donors (Lipinski definition) is 1. The van der Waals surface area contributed by atoms with Gasteiger partial charge < -0.3 is 19.1 Å². The van der Waals surface area contributed by atoms with Gasteiger partial charge >= 0.3 is 6.09 Å². The van der Waals surface area contributed by atoms with Crippen LogP contribution < -0.4 is 10.5 Å². The number of hydrogen-bond acceptors (Lipinski definition) is 4. The van der Waals surface area contributed by atoms with E-state index in [0.717, 1.165) is 5.56 Å². The van der Waals surface area contributed by atoms with Gasteiger partial charge in [0.25, 0.3) is 11.5 Å². The minimum absolute atomic E-state index is 0.00589. The molecule has 0 radical (unpaired) electrons. The average molecular weight is 500 g/mol. The third-order valence-corrected chi connectivity index (χ3v) is 7.09. The van der Waals surface area contributed by atoms with Crippen LogP contribution >= 0.6 is 0 Å². The van der Waals surface area contributed by atoms with Crippen LogP contribution in [0.3, 0.4) is 0 Å². The first-order chi connectivity index (χ1) is 17.1. The lowest BCUT2D eigenvalue weighted by molar-refractivity contribution is -0.132. The van der Waals surface area contributed by atoms with Gasteiger partial charge in [0.2, 0.25) is 5.91 Å². The normalized spacial score (nSPS) is 19.0. The summed E-state index contributed by atoms with van der Waals surface area (Å²) in [7, 11) is 0. The molecule has 11 heteroatoms. The van der Waals surface area contributed by atoms with Gasteiger partial charge in [-0.25, -0.2) is 18.6 Å². The van der Waals surface area contributed by atoms with Gasteiger partial charge in [-0.05, 0) is 38.0 Å². The molecule has 36 heavy (non-hydrogen) atoms. The second kappa shape index (κ2) is 9.03. The smallest absolute Gasteiger partial charge is 0.412 e. The number of carboxylic acid groups (broad SMARTS) is 1. The van der Waals surface area contributed by atoms with E-state index >= 15 is 0 Å². The Morgan fingerprint density at radius 2 is 2.03 bits per heavy atom. The Kier molecular flexibility index (Phi) is 6.01. The number of alkyl halides is 2. The molecule has 5 rings (SSSR count). The Labute approximate surface area is 205 Å². The average Bonchev–Trinajstić information content (AvgIpc) is 3.37. The molecule has 1 saturated heterocycles. The Hall–Kier alpha value is -3.76. The van der Waals surface area contributed by atoms with E-state index in [1.165, 1.54) is 20.4 Å². The summed E-state index contributed by atoms with van der Waals surface area (Å²) in [5, 5.41) is 9.76. The number of anilines is 1. The molecule has 2 amide bonds. The van der Waals surface area contributed by atoms with Crippen molar-refractivity contribution in [3.63, 3.8) is 0 Å². The maximum Gasteiger partial charge on any atom is 0.412 e. The molecular formula is C25H27F2N5O4. The summed E-state index contributed by atoms with van der Waals surface area (Å²) in [6.07, 6.45) is 1.84. The van der Waals surface area contributed by atoms with Crippen molar-refractivity contribution in [1.82, 2.24) is 19.0 Å². The third kappa shape index (κ3) is 4.33. The number of carbonyl (C=O) groups excluding carboxylic acids is 1. The van der Waals surface area contributed by atoms with Crippen molar-refractivity contribution < 1.29 is 23.5 Å². The zero-order valence-electron chi connectivity index (χ0n) is 19.9. The Morgan fingerprint density at radius 3 is 2.72 bits per heavy atom. The van der Waals surface area contributed by atoms with Crippen LogP contribution in [-0.2, 0) is 30.7 Å². The number of nitrogens with zero attached hydrogens (tertiary/aromatic N) is 5. The zero-order valence-corrected chi connectivity index (χ0v) is 19.9. The van der Waals surface area contributed by atoms with Gasteiger partial charge in [0.1, 0.15) is 12.4 Å². The van der Waals surface area contributed by atoms with Gasteiger partial charge in [-0.3, -0.25) is 14.5 Å². The first-order valence-corrected chi connectivity index (χ1v) is 12.0. The topological polar surface area (TPSA) is 101 Å². The number of carbonyl (C=O) groups is 2. The van der Waals surface area contributed by atoms with Crippen LogP contribution in [0, 0.1) is 0 Å².